The lowest BCUT2D eigenvalue weighted by Gasteiger charge is -2.29. The van der Waals surface area contributed by atoms with Crippen LogP contribution in [0.1, 0.15) is 39.2 Å². The molecule has 0 aliphatic carbocycles. The lowest BCUT2D eigenvalue weighted by atomic mass is 10.1. The number of sulfonamides is 1. The topological polar surface area (TPSA) is 86.8 Å². The van der Waals surface area contributed by atoms with Gasteiger partial charge in [0.05, 0.1) is 4.90 Å². The smallest absolute Gasteiger partial charge is 0.242 e. The summed E-state index contributed by atoms with van der Waals surface area (Å²) in [6.07, 6.45) is 0.473. The van der Waals surface area contributed by atoms with Crippen molar-refractivity contribution in [2.75, 3.05) is 20.1 Å². The number of halogens is 1. The van der Waals surface area contributed by atoms with Gasteiger partial charge in [0, 0.05) is 37.6 Å². The summed E-state index contributed by atoms with van der Waals surface area (Å²) in [5, 5.41) is 2.90. The Balaban J connectivity index is 2.07. The van der Waals surface area contributed by atoms with Crippen molar-refractivity contribution >= 4 is 37.8 Å². The van der Waals surface area contributed by atoms with Crippen LogP contribution in [-0.4, -0.2) is 55.6 Å². The minimum atomic E-state index is -3.62. The molecule has 2 aromatic carbocycles. The number of hydrogen-bond acceptors (Lipinski definition) is 4. The second kappa shape index (κ2) is 13.0. The summed E-state index contributed by atoms with van der Waals surface area (Å²) in [7, 11) is -2.11. The van der Waals surface area contributed by atoms with Crippen LogP contribution in [0.15, 0.2) is 64.0 Å². The van der Waals surface area contributed by atoms with Gasteiger partial charge in [-0.25, -0.2) is 12.7 Å². The van der Waals surface area contributed by atoms with Crippen molar-refractivity contribution in [3.05, 3.63) is 64.6 Å². The summed E-state index contributed by atoms with van der Waals surface area (Å²) in [6, 6.07) is 15.2. The average Bonchev–Trinajstić information content (AvgIpc) is 2.80. The Morgan fingerprint density at radius 1 is 1.03 bits per heavy atom. The molecule has 0 saturated carbocycles. The molecule has 0 fully saturated rings. The normalized spacial score (nSPS) is 12.6. The highest BCUT2D eigenvalue weighted by molar-refractivity contribution is 9.10. The Morgan fingerprint density at radius 3 is 2.32 bits per heavy atom. The number of nitrogens with one attached hydrogen (secondary N) is 1. The first-order valence-corrected chi connectivity index (χ1v) is 13.6. The lowest BCUT2D eigenvalue weighted by molar-refractivity contribution is -0.140. The molecule has 0 saturated heterocycles. The van der Waals surface area contributed by atoms with Gasteiger partial charge in [0.15, 0.2) is 0 Å². The van der Waals surface area contributed by atoms with Crippen LogP contribution >= 0.6 is 15.9 Å². The highest BCUT2D eigenvalue weighted by Gasteiger charge is 2.27. The molecule has 2 aromatic rings. The molecule has 0 radical (unpaired) electrons. The van der Waals surface area contributed by atoms with Gasteiger partial charge in [-0.05, 0) is 49.1 Å². The van der Waals surface area contributed by atoms with E-state index in [0.29, 0.717) is 18.9 Å². The lowest BCUT2D eigenvalue weighted by Crippen LogP contribution is -2.48. The van der Waals surface area contributed by atoms with Crippen LogP contribution in [0.3, 0.4) is 0 Å². The van der Waals surface area contributed by atoms with Crippen molar-refractivity contribution in [2.45, 2.75) is 51.1 Å². The van der Waals surface area contributed by atoms with Gasteiger partial charge in [0.25, 0.3) is 0 Å². The van der Waals surface area contributed by atoms with E-state index in [4.69, 9.17) is 0 Å². The molecule has 0 aromatic heterocycles. The first-order chi connectivity index (χ1) is 16.0. The molecular weight excluding hydrogens is 518 g/mol. The summed E-state index contributed by atoms with van der Waals surface area (Å²) in [4.78, 5) is 27.7. The Hall–Kier alpha value is -2.23. The summed E-state index contributed by atoms with van der Waals surface area (Å²) in [5.74, 6) is -0.106. The van der Waals surface area contributed by atoms with E-state index in [1.54, 1.807) is 42.2 Å². The second-order valence-corrected chi connectivity index (χ2v) is 11.7. The van der Waals surface area contributed by atoms with Crippen LogP contribution in [0.4, 0.5) is 0 Å². The minimum Gasteiger partial charge on any atom is -0.354 e. The van der Waals surface area contributed by atoms with Crippen LogP contribution < -0.4 is 5.32 Å². The van der Waals surface area contributed by atoms with Gasteiger partial charge in [0.1, 0.15) is 6.04 Å². The maximum Gasteiger partial charge on any atom is 0.242 e. The van der Waals surface area contributed by atoms with Gasteiger partial charge < -0.3 is 10.2 Å². The number of carbonyl (C=O) groups is 2. The predicted octanol–water partition coefficient (Wildman–Crippen LogP) is 4.04. The minimum absolute atomic E-state index is 0.129. The van der Waals surface area contributed by atoms with Crippen LogP contribution in [-0.2, 0) is 26.2 Å². The number of rotatable bonds is 12. The molecule has 0 spiro atoms. The number of nitrogens with zero attached hydrogens (tertiary/aromatic N) is 2. The maximum absolute atomic E-state index is 13.2. The fourth-order valence-corrected chi connectivity index (χ4v) is 5.03. The molecule has 2 rings (SSSR count). The maximum atomic E-state index is 13.2. The molecule has 1 N–H and O–H groups in total. The molecule has 186 valence electrons. The Kier molecular flexibility index (Phi) is 10.7. The molecule has 0 heterocycles. The second-order valence-electron chi connectivity index (χ2n) is 8.71. The summed E-state index contributed by atoms with van der Waals surface area (Å²) in [6.45, 7) is 6.75. The number of carbonyl (C=O) groups excluding carboxylic acids is 2. The van der Waals surface area contributed by atoms with E-state index < -0.39 is 16.1 Å². The fraction of sp³-hybridized carbons (Fsp3) is 0.440. The van der Waals surface area contributed by atoms with E-state index in [9.17, 15) is 18.0 Å². The molecule has 34 heavy (non-hydrogen) atoms. The first kappa shape index (κ1) is 28.0. The number of benzene rings is 2. The zero-order valence-corrected chi connectivity index (χ0v) is 22.6. The van der Waals surface area contributed by atoms with E-state index in [1.165, 1.54) is 11.4 Å². The van der Waals surface area contributed by atoms with Crippen molar-refractivity contribution in [1.82, 2.24) is 14.5 Å². The van der Waals surface area contributed by atoms with Gasteiger partial charge in [-0.3, -0.25) is 9.59 Å². The Bertz CT molecular complexity index is 1060. The third-order valence-electron chi connectivity index (χ3n) is 5.41. The van der Waals surface area contributed by atoms with E-state index in [2.05, 4.69) is 21.2 Å². The largest absolute Gasteiger partial charge is 0.354 e. The number of amides is 2. The molecule has 9 heteroatoms. The average molecular weight is 553 g/mol. The van der Waals surface area contributed by atoms with Gasteiger partial charge in [0.2, 0.25) is 21.8 Å². The predicted molar refractivity (Wildman–Crippen MR) is 137 cm³/mol. The van der Waals surface area contributed by atoms with Gasteiger partial charge in [-0.1, -0.05) is 60.1 Å². The fourth-order valence-electron chi connectivity index (χ4n) is 3.36. The van der Waals surface area contributed by atoms with Crippen LogP contribution in [0.5, 0.6) is 0 Å². The highest BCUT2D eigenvalue weighted by atomic mass is 79.9. The SMILES string of the molecule is CC(C)CNC(=O)[C@H](C)N(Cc1cccc(Br)c1)C(=O)CCCN(C)S(=O)(=O)c1ccccc1. The van der Waals surface area contributed by atoms with Crippen molar-refractivity contribution in [3.8, 4) is 0 Å². The van der Waals surface area contributed by atoms with Crippen molar-refractivity contribution in [2.24, 2.45) is 5.92 Å². The molecule has 0 bridgehead atoms. The van der Waals surface area contributed by atoms with Gasteiger partial charge in [-0.15, -0.1) is 0 Å². The monoisotopic (exact) mass is 551 g/mol. The Morgan fingerprint density at radius 2 is 1.71 bits per heavy atom. The third kappa shape index (κ3) is 8.21. The van der Waals surface area contributed by atoms with Crippen molar-refractivity contribution in [1.29, 1.82) is 0 Å². The van der Waals surface area contributed by atoms with Crippen LogP contribution in [0.25, 0.3) is 0 Å². The van der Waals surface area contributed by atoms with Gasteiger partial charge >= 0.3 is 0 Å². The molecule has 2 amide bonds. The van der Waals surface area contributed by atoms with Crippen LogP contribution in [0, 0.1) is 5.92 Å². The third-order valence-corrected chi connectivity index (χ3v) is 7.77. The van der Waals surface area contributed by atoms with Gasteiger partial charge in [-0.2, -0.15) is 0 Å². The Labute approximate surface area is 211 Å². The summed E-state index contributed by atoms with van der Waals surface area (Å²) < 4.78 is 27.6. The molecule has 0 aliphatic heterocycles. The molecule has 1 atom stereocenters. The highest BCUT2D eigenvalue weighted by Crippen LogP contribution is 2.18. The molecular formula is C25H34BrN3O4S. The van der Waals surface area contributed by atoms with E-state index in [1.807, 2.05) is 38.1 Å². The van der Waals surface area contributed by atoms with E-state index in [-0.39, 0.29) is 36.2 Å². The summed E-state index contributed by atoms with van der Waals surface area (Å²) in [5.41, 5.74) is 0.898. The van der Waals surface area contributed by atoms with Crippen molar-refractivity contribution in [3.63, 3.8) is 0 Å². The van der Waals surface area contributed by atoms with E-state index >= 15 is 0 Å². The molecule has 7 nitrogen and oxygen atoms in total. The quantitative estimate of drug-likeness (QED) is 0.431. The van der Waals surface area contributed by atoms with Crippen molar-refractivity contribution < 1.29 is 18.0 Å². The zero-order valence-electron chi connectivity index (χ0n) is 20.2. The number of hydrogen-bond donors (Lipinski definition) is 1. The van der Waals surface area contributed by atoms with Crippen LogP contribution in [0.2, 0.25) is 0 Å². The van der Waals surface area contributed by atoms with E-state index in [0.717, 1.165) is 10.0 Å². The first-order valence-electron chi connectivity index (χ1n) is 11.4. The molecule has 0 aliphatic rings. The summed E-state index contributed by atoms with van der Waals surface area (Å²) >= 11 is 3.45. The molecule has 0 unspecified atom stereocenters. The zero-order chi connectivity index (χ0) is 25.3. The standard InChI is InChI=1S/C25H34BrN3O4S/c1-19(2)17-27-25(31)20(3)29(18-21-10-8-11-22(26)16-21)24(30)14-9-15-28(4)34(32,33)23-12-6-5-7-13-23/h5-8,10-13,16,19-20H,9,14-15,17-18H2,1-4H3,(H,27,31)/t20-/m0/s1.